The predicted molar refractivity (Wildman–Crippen MR) is 68.3 cm³/mol. The molecule has 0 fully saturated rings. The summed E-state index contributed by atoms with van der Waals surface area (Å²) in [6, 6.07) is 1.96. The number of aryl methyl sites for hydroxylation is 2. The maximum atomic E-state index is 11.8. The average molecular weight is 249 g/mol. The summed E-state index contributed by atoms with van der Waals surface area (Å²) in [7, 11) is 0. The second-order valence-electron chi connectivity index (χ2n) is 3.83. The fourth-order valence-electron chi connectivity index (χ4n) is 1.58. The van der Waals surface area contributed by atoms with Crippen LogP contribution in [0.3, 0.4) is 0 Å². The van der Waals surface area contributed by atoms with Crippen molar-refractivity contribution < 1.29 is 4.79 Å². The molecule has 1 amide bonds. The van der Waals surface area contributed by atoms with Crippen LogP contribution in [-0.2, 0) is 6.42 Å². The molecule has 2 rings (SSSR count). The summed E-state index contributed by atoms with van der Waals surface area (Å²) in [6.07, 6.45) is 5.30. The molecule has 90 valence electrons. The van der Waals surface area contributed by atoms with E-state index in [0.29, 0.717) is 6.54 Å². The summed E-state index contributed by atoms with van der Waals surface area (Å²) in [5, 5.41) is 4.86. The lowest BCUT2D eigenvalue weighted by atomic mass is 10.2. The van der Waals surface area contributed by atoms with E-state index in [0.717, 1.165) is 29.1 Å². The highest BCUT2D eigenvalue weighted by Gasteiger charge is 2.09. The molecule has 0 saturated carbocycles. The number of imidazole rings is 1. The number of carbonyl (C=O) groups excluding carboxylic acids is 1. The first-order valence-electron chi connectivity index (χ1n) is 5.58. The van der Waals surface area contributed by atoms with Gasteiger partial charge >= 0.3 is 0 Å². The summed E-state index contributed by atoms with van der Waals surface area (Å²) in [5.41, 5.74) is 1.04. The zero-order valence-corrected chi connectivity index (χ0v) is 10.5. The summed E-state index contributed by atoms with van der Waals surface area (Å²) in [6.45, 7) is 2.63. The monoisotopic (exact) mass is 249 g/mol. The summed E-state index contributed by atoms with van der Waals surface area (Å²) in [4.78, 5) is 19.7. The number of rotatable bonds is 5. The molecule has 0 spiro atoms. The Morgan fingerprint density at radius 1 is 1.59 bits per heavy atom. The number of amides is 1. The summed E-state index contributed by atoms with van der Waals surface area (Å²) >= 11 is 1.48. The number of nitrogens with one attached hydrogen (secondary N) is 2. The van der Waals surface area contributed by atoms with E-state index in [4.69, 9.17) is 0 Å². The number of nitrogens with zero attached hydrogens (tertiary/aromatic N) is 1. The van der Waals surface area contributed by atoms with Gasteiger partial charge in [-0.3, -0.25) is 4.79 Å². The van der Waals surface area contributed by atoms with Crippen molar-refractivity contribution in [2.45, 2.75) is 19.8 Å². The molecule has 0 radical (unpaired) electrons. The molecule has 2 N–H and O–H groups in total. The topological polar surface area (TPSA) is 57.8 Å². The van der Waals surface area contributed by atoms with Gasteiger partial charge < -0.3 is 10.3 Å². The van der Waals surface area contributed by atoms with E-state index >= 15 is 0 Å². The minimum absolute atomic E-state index is 0.0249. The Hall–Kier alpha value is -1.62. The molecule has 2 aromatic rings. The van der Waals surface area contributed by atoms with E-state index < -0.39 is 0 Å². The molecule has 0 aliphatic rings. The Bertz CT molecular complexity index is 476. The molecule has 0 bridgehead atoms. The molecule has 0 aliphatic carbocycles. The van der Waals surface area contributed by atoms with Crippen molar-refractivity contribution in [1.29, 1.82) is 0 Å². The van der Waals surface area contributed by atoms with Gasteiger partial charge in [-0.1, -0.05) is 0 Å². The van der Waals surface area contributed by atoms with Crippen LogP contribution in [0.2, 0.25) is 0 Å². The smallest absolute Gasteiger partial charge is 0.261 e. The van der Waals surface area contributed by atoms with E-state index in [1.165, 1.54) is 11.3 Å². The van der Waals surface area contributed by atoms with Gasteiger partial charge in [0.25, 0.3) is 5.91 Å². The van der Waals surface area contributed by atoms with Crippen LogP contribution in [0, 0.1) is 6.92 Å². The number of hydrogen-bond acceptors (Lipinski definition) is 3. The molecule has 0 unspecified atom stereocenters. The standard InChI is InChI=1S/C12H15N3OS/c1-9-4-8-17-11(9)12(16)15-5-2-3-10-13-6-7-14-10/h4,6-8H,2-3,5H2,1H3,(H,13,14)(H,15,16). The zero-order valence-electron chi connectivity index (χ0n) is 9.69. The highest BCUT2D eigenvalue weighted by atomic mass is 32.1. The van der Waals surface area contributed by atoms with Crippen LogP contribution in [0.25, 0.3) is 0 Å². The van der Waals surface area contributed by atoms with Crippen molar-refractivity contribution in [2.75, 3.05) is 6.54 Å². The largest absolute Gasteiger partial charge is 0.351 e. The fourth-order valence-corrected chi connectivity index (χ4v) is 2.42. The first kappa shape index (κ1) is 11.9. The highest BCUT2D eigenvalue weighted by molar-refractivity contribution is 7.12. The maximum absolute atomic E-state index is 11.8. The summed E-state index contributed by atoms with van der Waals surface area (Å²) in [5.74, 6) is 0.989. The highest BCUT2D eigenvalue weighted by Crippen LogP contribution is 2.14. The lowest BCUT2D eigenvalue weighted by Gasteiger charge is -2.03. The average Bonchev–Trinajstić information content (AvgIpc) is 2.95. The maximum Gasteiger partial charge on any atom is 0.261 e. The third-order valence-corrected chi connectivity index (χ3v) is 3.51. The van der Waals surface area contributed by atoms with E-state index in [-0.39, 0.29) is 5.91 Å². The van der Waals surface area contributed by atoms with E-state index in [1.54, 1.807) is 6.20 Å². The van der Waals surface area contributed by atoms with Gasteiger partial charge in [0.15, 0.2) is 0 Å². The van der Waals surface area contributed by atoms with Crippen LogP contribution in [0.4, 0.5) is 0 Å². The first-order chi connectivity index (χ1) is 8.27. The van der Waals surface area contributed by atoms with Crippen molar-refractivity contribution in [3.05, 3.63) is 40.1 Å². The van der Waals surface area contributed by atoms with Crippen LogP contribution in [0.15, 0.2) is 23.8 Å². The van der Waals surface area contributed by atoms with Crippen LogP contribution < -0.4 is 5.32 Å². The number of aromatic nitrogens is 2. The van der Waals surface area contributed by atoms with Crippen LogP contribution in [0.5, 0.6) is 0 Å². The van der Waals surface area contributed by atoms with Crippen LogP contribution in [-0.4, -0.2) is 22.4 Å². The fraction of sp³-hybridized carbons (Fsp3) is 0.333. The molecular formula is C12H15N3OS. The van der Waals surface area contributed by atoms with E-state index in [2.05, 4.69) is 15.3 Å². The molecule has 17 heavy (non-hydrogen) atoms. The summed E-state index contributed by atoms with van der Waals surface area (Å²) < 4.78 is 0. The third-order valence-electron chi connectivity index (χ3n) is 2.50. The third kappa shape index (κ3) is 3.17. The Labute approximate surface area is 104 Å². The molecule has 0 aromatic carbocycles. The molecule has 0 aliphatic heterocycles. The Morgan fingerprint density at radius 2 is 2.47 bits per heavy atom. The van der Waals surface area contributed by atoms with Crippen molar-refractivity contribution >= 4 is 17.2 Å². The van der Waals surface area contributed by atoms with Gasteiger partial charge in [0, 0.05) is 25.4 Å². The lowest BCUT2D eigenvalue weighted by Crippen LogP contribution is -2.24. The van der Waals surface area contributed by atoms with Crippen molar-refractivity contribution in [1.82, 2.24) is 15.3 Å². The van der Waals surface area contributed by atoms with Crippen molar-refractivity contribution in [3.8, 4) is 0 Å². The molecule has 2 heterocycles. The van der Waals surface area contributed by atoms with Crippen LogP contribution in [0.1, 0.15) is 27.5 Å². The number of hydrogen-bond donors (Lipinski definition) is 2. The zero-order chi connectivity index (χ0) is 12.1. The molecule has 4 nitrogen and oxygen atoms in total. The van der Waals surface area contributed by atoms with Gasteiger partial charge in [0.1, 0.15) is 5.82 Å². The number of H-pyrrole nitrogens is 1. The Balaban J connectivity index is 1.72. The van der Waals surface area contributed by atoms with Crippen molar-refractivity contribution in [2.24, 2.45) is 0 Å². The number of carbonyl (C=O) groups is 1. The molecular weight excluding hydrogens is 234 g/mol. The molecule has 5 heteroatoms. The first-order valence-corrected chi connectivity index (χ1v) is 6.46. The van der Waals surface area contributed by atoms with Gasteiger partial charge in [-0.2, -0.15) is 0 Å². The van der Waals surface area contributed by atoms with Crippen molar-refractivity contribution in [3.63, 3.8) is 0 Å². The molecule has 0 saturated heterocycles. The van der Waals surface area contributed by atoms with Gasteiger partial charge in [-0.25, -0.2) is 4.98 Å². The SMILES string of the molecule is Cc1ccsc1C(=O)NCCCc1ncc[nH]1. The van der Waals surface area contributed by atoms with Gasteiger partial charge in [-0.05, 0) is 30.4 Å². The molecule has 0 atom stereocenters. The minimum atomic E-state index is 0.0249. The normalized spacial score (nSPS) is 10.4. The second kappa shape index (κ2) is 5.63. The predicted octanol–water partition coefficient (Wildman–Crippen LogP) is 2.14. The lowest BCUT2D eigenvalue weighted by molar-refractivity contribution is 0.0956. The number of aromatic amines is 1. The Morgan fingerprint density at radius 3 is 3.12 bits per heavy atom. The molecule has 2 aromatic heterocycles. The van der Waals surface area contributed by atoms with Gasteiger partial charge in [0.05, 0.1) is 4.88 Å². The van der Waals surface area contributed by atoms with Crippen LogP contribution >= 0.6 is 11.3 Å². The van der Waals surface area contributed by atoms with Gasteiger partial charge in [-0.15, -0.1) is 11.3 Å². The Kier molecular flexibility index (Phi) is 3.93. The quantitative estimate of drug-likeness (QED) is 0.798. The number of thiophene rings is 1. The second-order valence-corrected chi connectivity index (χ2v) is 4.74. The van der Waals surface area contributed by atoms with E-state index in [9.17, 15) is 4.79 Å². The van der Waals surface area contributed by atoms with E-state index in [1.807, 2.05) is 24.6 Å². The van der Waals surface area contributed by atoms with Gasteiger partial charge in [0.2, 0.25) is 0 Å². The minimum Gasteiger partial charge on any atom is -0.351 e.